The molecule has 1 heterocycles. The first-order valence-electron chi connectivity index (χ1n) is 9.64. The molecule has 136 valence electrons. The van der Waals surface area contributed by atoms with Gasteiger partial charge in [0.25, 0.3) is 5.91 Å². The zero-order valence-corrected chi connectivity index (χ0v) is 15.1. The Balaban J connectivity index is 1.41. The molecule has 4 nitrogen and oxygen atoms in total. The van der Waals surface area contributed by atoms with Gasteiger partial charge < -0.3 is 16.4 Å². The topological polar surface area (TPSA) is 67.1 Å². The molecule has 1 saturated heterocycles. The Bertz CT molecular complexity index is 782. The van der Waals surface area contributed by atoms with Gasteiger partial charge in [-0.1, -0.05) is 36.4 Å². The first-order valence-corrected chi connectivity index (χ1v) is 9.64. The fraction of sp³-hybridized carbons (Fsp3) is 0.409. The molecule has 4 heteroatoms. The second-order valence-electron chi connectivity index (χ2n) is 7.61. The van der Waals surface area contributed by atoms with Crippen LogP contribution in [0, 0.1) is 5.92 Å². The van der Waals surface area contributed by atoms with Gasteiger partial charge in [0.05, 0.1) is 12.1 Å². The van der Waals surface area contributed by atoms with E-state index >= 15 is 0 Å². The third-order valence-corrected chi connectivity index (χ3v) is 5.78. The Morgan fingerprint density at radius 1 is 1.12 bits per heavy atom. The molecular formula is C22H27N3O. The van der Waals surface area contributed by atoms with Crippen LogP contribution in [0.25, 0.3) is 0 Å². The van der Waals surface area contributed by atoms with E-state index in [0.29, 0.717) is 5.92 Å². The zero-order valence-electron chi connectivity index (χ0n) is 15.1. The van der Waals surface area contributed by atoms with E-state index < -0.39 is 0 Å². The maximum absolute atomic E-state index is 12.8. The van der Waals surface area contributed by atoms with Gasteiger partial charge >= 0.3 is 0 Å². The molecule has 2 aliphatic rings. The second-order valence-corrected chi connectivity index (χ2v) is 7.61. The molecule has 2 atom stereocenters. The maximum Gasteiger partial charge on any atom is 0.251 e. The summed E-state index contributed by atoms with van der Waals surface area (Å²) in [6, 6.07) is 16.1. The van der Waals surface area contributed by atoms with Crippen LogP contribution in [-0.4, -0.2) is 25.0 Å². The number of rotatable bonds is 4. The molecule has 1 aliphatic carbocycles. The van der Waals surface area contributed by atoms with Crippen molar-refractivity contribution in [3.63, 3.8) is 0 Å². The van der Waals surface area contributed by atoms with Crippen LogP contribution in [0.4, 0.5) is 0 Å². The second kappa shape index (κ2) is 7.60. The van der Waals surface area contributed by atoms with Crippen molar-refractivity contribution in [1.29, 1.82) is 0 Å². The van der Waals surface area contributed by atoms with E-state index in [1.807, 2.05) is 30.3 Å². The molecule has 1 fully saturated rings. The van der Waals surface area contributed by atoms with Gasteiger partial charge in [0.15, 0.2) is 0 Å². The van der Waals surface area contributed by atoms with Crippen molar-refractivity contribution in [3.8, 4) is 0 Å². The summed E-state index contributed by atoms with van der Waals surface area (Å²) in [6.07, 6.45) is 4.28. The van der Waals surface area contributed by atoms with Gasteiger partial charge in [-0.15, -0.1) is 0 Å². The molecule has 0 aromatic heterocycles. The molecule has 0 radical (unpaired) electrons. The standard InChI is InChI=1S/C22H27N3O/c23-21-19-7-2-1-5-17(19)14-20(21)25-22(26)18-6-3-4-16(13-18)12-15-8-10-24-11-9-15/h1-7,13,15,20-21,24H,8-12,14,23H2,(H,25,26)/t20-,21-/m0/s1. The van der Waals surface area contributed by atoms with Crippen LogP contribution in [0.1, 0.15) is 45.9 Å². The Kier molecular flexibility index (Phi) is 5.05. The fourth-order valence-corrected chi connectivity index (χ4v) is 4.28. The van der Waals surface area contributed by atoms with E-state index in [1.165, 1.54) is 24.0 Å². The number of nitrogens with two attached hydrogens (primary N) is 1. The highest BCUT2D eigenvalue weighted by Gasteiger charge is 2.30. The lowest BCUT2D eigenvalue weighted by molar-refractivity contribution is 0.0933. The average Bonchev–Trinajstić information content (AvgIpc) is 2.99. The SMILES string of the molecule is N[C@H]1c2ccccc2C[C@@H]1NC(=O)c1cccc(CC2CCNCC2)c1. The molecule has 1 aliphatic heterocycles. The lowest BCUT2D eigenvalue weighted by Gasteiger charge is -2.23. The van der Waals surface area contributed by atoms with Gasteiger partial charge in [0.2, 0.25) is 0 Å². The lowest BCUT2D eigenvalue weighted by atomic mass is 9.90. The molecule has 2 aromatic rings. The van der Waals surface area contributed by atoms with E-state index in [4.69, 9.17) is 5.73 Å². The summed E-state index contributed by atoms with van der Waals surface area (Å²) >= 11 is 0. The van der Waals surface area contributed by atoms with E-state index in [-0.39, 0.29) is 18.0 Å². The van der Waals surface area contributed by atoms with Gasteiger partial charge in [0, 0.05) is 5.56 Å². The van der Waals surface area contributed by atoms with Crippen LogP contribution in [0.5, 0.6) is 0 Å². The molecule has 0 unspecified atom stereocenters. The first kappa shape index (κ1) is 17.3. The summed E-state index contributed by atoms with van der Waals surface area (Å²) in [6.45, 7) is 2.20. The van der Waals surface area contributed by atoms with Crippen LogP contribution < -0.4 is 16.4 Å². The highest BCUT2D eigenvalue weighted by molar-refractivity contribution is 5.94. The van der Waals surface area contributed by atoms with Gasteiger partial charge in [-0.05, 0) is 73.5 Å². The van der Waals surface area contributed by atoms with E-state index in [2.05, 4.69) is 28.8 Å². The fourth-order valence-electron chi connectivity index (χ4n) is 4.28. The minimum Gasteiger partial charge on any atom is -0.347 e. The van der Waals surface area contributed by atoms with Crippen LogP contribution >= 0.6 is 0 Å². The summed E-state index contributed by atoms with van der Waals surface area (Å²) in [4.78, 5) is 12.8. The van der Waals surface area contributed by atoms with Crippen molar-refractivity contribution in [2.75, 3.05) is 13.1 Å². The monoisotopic (exact) mass is 349 g/mol. The summed E-state index contributed by atoms with van der Waals surface area (Å²) in [5, 5.41) is 6.55. The van der Waals surface area contributed by atoms with Gasteiger partial charge in [-0.25, -0.2) is 0 Å². The van der Waals surface area contributed by atoms with Crippen molar-refractivity contribution >= 4 is 5.91 Å². The number of benzene rings is 2. The highest BCUT2D eigenvalue weighted by Crippen LogP contribution is 2.29. The number of amides is 1. The number of hydrogen-bond acceptors (Lipinski definition) is 3. The average molecular weight is 349 g/mol. The van der Waals surface area contributed by atoms with E-state index in [1.54, 1.807) is 0 Å². The van der Waals surface area contributed by atoms with Gasteiger partial charge in [0.1, 0.15) is 0 Å². The predicted molar refractivity (Wildman–Crippen MR) is 104 cm³/mol. The number of piperidine rings is 1. The van der Waals surface area contributed by atoms with Crippen molar-refractivity contribution in [1.82, 2.24) is 10.6 Å². The summed E-state index contributed by atoms with van der Waals surface area (Å²) in [7, 11) is 0. The summed E-state index contributed by atoms with van der Waals surface area (Å²) < 4.78 is 0. The third kappa shape index (κ3) is 3.67. The summed E-state index contributed by atoms with van der Waals surface area (Å²) in [5.41, 5.74) is 10.7. The highest BCUT2D eigenvalue weighted by atomic mass is 16.1. The van der Waals surface area contributed by atoms with Crippen LogP contribution in [0.15, 0.2) is 48.5 Å². The maximum atomic E-state index is 12.8. The molecule has 0 spiro atoms. The normalized spacial score (nSPS) is 22.8. The van der Waals surface area contributed by atoms with E-state index in [0.717, 1.165) is 37.1 Å². The van der Waals surface area contributed by atoms with Crippen LogP contribution in [0.2, 0.25) is 0 Å². The minimum absolute atomic E-state index is 0.0228. The van der Waals surface area contributed by atoms with Gasteiger partial charge in [-0.3, -0.25) is 4.79 Å². The van der Waals surface area contributed by atoms with E-state index in [9.17, 15) is 4.79 Å². The number of carbonyl (C=O) groups is 1. The Morgan fingerprint density at radius 3 is 2.73 bits per heavy atom. The first-order chi connectivity index (χ1) is 12.7. The Hall–Kier alpha value is -2.17. The molecular weight excluding hydrogens is 322 g/mol. The third-order valence-electron chi connectivity index (χ3n) is 5.78. The number of nitrogens with one attached hydrogen (secondary N) is 2. The smallest absolute Gasteiger partial charge is 0.251 e. The lowest BCUT2D eigenvalue weighted by Crippen LogP contribution is -2.40. The minimum atomic E-state index is -0.131. The summed E-state index contributed by atoms with van der Waals surface area (Å²) in [5.74, 6) is 0.692. The molecule has 0 bridgehead atoms. The molecule has 1 amide bonds. The van der Waals surface area contributed by atoms with Gasteiger partial charge in [-0.2, -0.15) is 0 Å². The van der Waals surface area contributed by atoms with Crippen LogP contribution in [0.3, 0.4) is 0 Å². The molecule has 26 heavy (non-hydrogen) atoms. The molecule has 0 saturated carbocycles. The van der Waals surface area contributed by atoms with Crippen molar-refractivity contribution in [2.45, 2.75) is 37.8 Å². The van der Waals surface area contributed by atoms with Crippen molar-refractivity contribution in [2.24, 2.45) is 11.7 Å². The van der Waals surface area contributed by atoms with Crippen LogP contribution in [-0.2, 0) is 12.8 Å². The molecule has 4 rings (SSSR count). The number of hydrogen-bond donors (Lipinski definition) is 3. The largest absolute Gasteiger partial charge is 0.347 e. The molecule has 4 N–H and O–H groups in total. The Labute approximate surface area is 155 Å². The Morgan fingerprint density at radius 2 is 1.92 bits per heavy atom. The van der Waals surface area contributed by atoms with Crippen molar-refractivity contribution < 1.29 is 4.79 Å². The number of fused-ring (bicyclic) bond motifs is 1. The van der Waals surface area contributed by atoms with Crippen molar-refractivity contribution in [3.05, 3.63) is 70.8 Å². The molecule has 2 aromatic carbocycles. The number of carbonyl (C=O) groups excluding carboxylic acids is 1. The zero-order chi connectivity index (χ0) is 17.9. The predicted octanol–water partition coefficient (Wildman–Crippen LogP) is 2.58. The quantitative estimate of drug-likeness (QED) is 0.795.